The lowest BCUT2D eigenvalue weighted by Crippen LogP contribution is -2.50. The van der Waals surface area contributed by atoms with E-state index in [2.05, 4.69) is 0 Å². The van der Waals surface area contributed by atoms with Crippen LogP contribution in [0.15, 0.2) is 30.3 Å². The molecule has 1 aromatic rings. The molecule has 1 heterocycles. The van der Waals surface area contributed by atoms with E-state index in [9.17, 15) is 18.0 Å². The highest BCUT2D eigenvalue weighted by Gasteiger charge is 2.28. The van der Waals surface area contributed by atoms with Crippen molar-refractivity contribution in [1.82, 2.24) is 9.21 Å². The van der Waals surface area contributed by atoms with Gasteiger partial charge in [-0.2, -0.15) is 4.31 Å². The van der Waals surface area contributed by atoms with Gasteiger partial charge >= 0.3 is 5.97 Å². The van der Waals surface area contributed by atoms with Gasteiger partial charge in [0.25, 0.3) is 0 Å². The molecule has 2 rings (SSSR count). The zero-order valence-corrected chi connectivity index (χ0v) is 14.4. The summed E-state index contributed by atoms with van der Waals surface area (Å²) in [5.74, 6) is -1.47. The second-order valence-electron chi connectivity index (χ2n) is 5.95. The number of carboxylic acid groups (broad SMARTS) is 1. The predicted molar refractivity (Wildman–Crippen MR) is 89.0 cm³/mol. The van der Waals surface area contributed by atoms with Crippen LogP contribution in [0.4, 0.5) is 0 Å². The SMILES string of the molecule is CS(=O)(=O)N1CCN(C(=O)C[C@@H](CC(=O)O)c2ccccc2)CC1. The molecule has 8 heteroatoms. The first kappa shape index (κ1) is 18.4. The van der Waals surface area contributed by atoms with E-state index in [0.29, 0.717) is 13.1 Å². The van der Waals surface area contributed by atoms with E-state index in [1.54, 1.807) is 4.90 Å². The molecule has 132 valence electrons. The van der Waals surface area contributed by atoms with Crippen LogP contribution in [0.2, 0.25) is 0 Å². The second-order valence-corrected chi connectivity index (χ2v) is 7.93. The molecule has 1 saturated heterocycles. The number of amides is 1. The number of rotatable bonds is 6. The number of benzene rings is 1. The number of hydrogen-bond acceptors (Lipinski definition) is 4. The van der Waals surface area contributed by atoms with Crippen LogP contribution in [0.1, 0.15) is 24.3 Å². The summed E-state index contributed by atoms with van der Waals surface area (Å²) < 4.78 is 24.4. The van der Waals surface area contributed by atoms with Gasteiger partial charge < -0.3 is 10.0 Å². The minimum atomic E-state index is -3.24. The van der Waals surface area contributed by atoms with Crippen molar-refractivity contribution in [2.75, 3.05) is 32.4 Å². The lowest BCUT2D eigenvalue weighted by molar-refractivity contribution is -0.138. The summed E-state index contributed by atoms with van der Waals surface area (Å²) in [6, 6.07) is 9.12. The van der Waals surface area contributed by atoms with Crippen LogP contribution < -0.4 is 0 Å². The smallest absolute Gasteiger partial charge is 0.303 e. The molecule has 1 atom stereocenters. The van der Waals surface area contributed by atoms with Gasteiger partial charge in [-0.05, 0) is 5.56 Å². The maximum Gasteiger partial charge on any atom is 0.303 e. The molecular weight excluding hydrogens is 332 g/mol. The molecule has 1 N–H and O–H groups in total. The van der Waals surface area contributed by atoms with Gasteiger partial charge in [0, 0.05) is 38.5 Å². The summed E-state index contributed by atoms with van der Waals surface area (Å²) in [6.45, 7) is 1.22. The highest BCUT2D eigenvalue weighted by atomic mass is 32.2. The predicted octanol–water partition coefficient (Wildman–Crippen LogP) is 0.739. The van der Waals surface area contributed by atoms with Crippen LogP contribution in [-0.4, -0.2) is 67.0 Å². The van der Waals surface area contributed by atoms with E-state index in [4.69, 9.17) is 5.11 Å². The molecule has 0 aliphatic carbocycles. The van der Waals surface area contributed by atoms with Gasteiger partial charge in [-0.15, -0.1) is 0 Å². The summed E-state index contributed by atoms with van der Waals surface area (Å²) in [5, 5.41) is 9.09. The van der Waals surface area contributed by atoms with Crippen LogP contribution in [0.25, 0.3) is 0 Å². The molecule has 0 spiro atoms. The fourth-order valence-electron chi connectivity index (χ4n) is 2.85. The topological polar surface area (TPSA) is 95.0 Å². The van der Waals surface area contributed by atoms with Crippen LogP contribution in [0, 0.1) is 0 Å². The molecule has 0 unspecified atom stereocenters. The average molecular weight is 354 g/mol. The molecule has 0 saturated carbocycles. The summed E-state index contributed by atoms with van der Waals surface area (Å²) >= 11 is 0. The first-order valence-corrected chi connectivity index (χ1v) is 9.62. The first-order chi connectivity index (χ1) is 11.3. The molecule has 0 aromatic heterocycles. The Labute approximate surface area is 141 Å². The summed E-state index contributed by atoms with van der Waals surface area (Å²) in [4.78, 5) is 25.2. The maximum atomic E-state index is 12.5. The number of carbonyl (C=O) groups excluding carboxylic acids is 1. The van der Waals surface area contributed by atoms with Gasteiger partial charge in [0.2, 0.25) is 15.9 Å². The highest BCUT2D eigenvalue weighted by Crippen LogP contribution is 2.24. The van der Waals surface area contributed by atoms with Gasteiger partial charge in [-0.3, -0.25) is 9.59 Å². The van der Waals surface area contributed by atoms with E-state index in [-0.39, 0.29) is 37.8 Å². The number of sulfonamides is 1. The van der Waals surface area contributed by atoms with Crippen LogP contribution in [0.5, 0.6) is 0 Å². The van der Waals surface area contributed by atoms with Crippen molar-refractivity contribution >= 4 is 21.9 Å². The van der Waals surface area contributed by atoms with Crippen molar-refractivity contribution in [2.45, 2.75) is 18.8 Å². The van der Waals surface area contributed by atoms with Crippen LogP contribution in [0.3, 0.4) is 0 Å². The molecule has 1 aliphatic heterocycles. The van der Waals surface area contributed by atoms with Gasteiger partial charge in [0.15, 0.2) is 0 Å². The maximum absolute atomic E-state index is 12.5. The highest BCUT2D eigenvalue weighted by molar-refractivity contribution is 7.88. The summed E-state index contributed by atoms with van der Waals surface area (Å²) in [6.07, 6.45) is 1.15. The number of nitrogens with zero attached hydrogens (tertiary/aromatic N) is 2. The number of carboxylic acids is 1. The minimum Gasteiger partial charge on any atom is -0.481 e. The zero-order valence-electron chi connectivity index (χ0n) is 13.6. The van der Waals surface area contributed by atoms with Crippen molar-refractivity contribution in [3.05, 3.63) is 35.9 Å². The molecule has 1 amide bonds. The molecule has 0 radical (unpaired) electrons. The third-order valence-corrected chi connectivity index (χ3v) is 5.48. The Bertz CT molecular complexity index is 682. The fourth-order valence-corrected chi connectivity index (χ4v) is 3.68. The van der Waals surface area contributed by atoms with E-state index >= 15 is 0 Å². The lowest BCUT2D eigenvalue weighted by Gasteiger charge is -2.34. The standard InChI is InChI=1S/C16H22N2O5S/c1-24(22,23)18-9-7-17(8-10-18)15(19)11-14(12-16(20)21)13-5-3-2-4-6-13/h2-6,14H,7-12H2,1H3,(H,20,21)/t14-/m0/s1. The van der Waals surface area contributed by atoms with Gasteiger partial charge in [-0.1, -0.05) is 30.3 Å². The number of carbonyl (C=O) groups is 2. The molecule has 1 fully saturated rings. The quantitative estimate of drug-likeness (QED) is 0.813. The molecule has 1 aromatic carbocycles. The molecule has 7 nitrogen and oxygen atoms in total. The van der Waals surface area contributed by atoms with Crippen molar-refractivity contribution in [2.24, 2.45) is 0 Å². The average Bonchev–Trinajstić information content (AvgIpc) is 2.54. The van der Waals surface area contributed by atoms with Crippen molar-refractivity contribution in [3.63, 3.8) is 0 Å². The Hall–Kier alpha value is -1.93. The zero-order chi connectivity index (χ0) is 17.7. The Morgan fingerprint density at radius 2 is 1.67 bits per heavy atom. The third kappa shape index (κ3) is 5.04. The lowest BCUT2D eigenvalue weighted by atomic mass is 9.92. The minimum absolute atomic E-state index is 0.106. The Morgan fingerprint density at radius 3 is 2.17 bits per heavy atom. The van der Waals surface area contributed by atoms with E-state index in [0.717, 1.165) is 11.8 Å². The molecule has 1 aliphatic rings. The normalized spacial score (nSPS) is 17.5. The van der Waals surface area contributed by atoms with Gasteiger partial charge in [0.05, 0.1) is 12.7 Å². The number of aliphatic carboxylic acids is 1. The monoisotopic (exact) mass is 354 g/mol. The third-order valence-electron chi connectivity index (χ3n) is 4.17. The van der Waals surface area contributed by atoms with Gasteiger partial charge in [-0.25, -0.2) is 8.42 Å². The van der Waals surface area contributed by atoms with Crippen molar-refractivity contribution in [3.8, 4) is 0 Å². The molecule has 0 bridgehead atoms. The molecular formula is C16H22N2O5S. The van der Waals surface area contributed by atoms with E-state index < -0.39 is 16.0 Å². The van der Waals surface area contributed by atoms with E-state index in [1.807, 2.05) is 30.3 Å². The Balaban J connectivity index is 2.00. The van der Waals surface area contributed by atoms with Crippen LogP contribution in [-0.2, 0) is 19.6 Å². The first-order valence-electron chi connectivity index (χ1n) is 7.77. The second kappa shape index (κ2) is 7.76. The Morgan fingerprint density at radius 1 is 1.08 bits per heavy atom. The van der Waals surface area contributed by atoms with Gasteiger partial charge in [0.1, 0.15) is 0 Å². The van der Waals surface area contributed by atoms with E-state index in [1.165, 1.54) is 4.31 Å². The Kier molecular flexibility index (Phi) is 5.95. The molecule has 24 heavy (non-hydrogen) atoms. The van der Waals surface area contributed by atoms with Crippen LogP contribution >= 0.6 is 0 Å². The number of hydrogen-bond donors (Lipinski definition) is 1. The van der Waals surface area contributed by atoms with Crippen molar-refractivity contribution < 1.29 is 23.1 Å². The largest absolute Gasteiger partial charge is 0.481 e. The summed E-state index contributed by atoms with van der Waals surface area (Å²) in [7, 11) is -3.24. The number of piperazine rings is 1. The fraction of sp³-hybridized carbons (Fsp3) is 0.500. The summed E-state index contributed by atoms with van der Waals surface area (Å²) in [5.41, 5.74) is 0.822. The van der Waals surface area contributed by atoms with Crippen molar-refractivity contribution in [1.29, 1.82) is 0 Å².